The molecule has 1 aromatic heterocycles. The van der Waals surface area contributed by atoms with Crippen molar-refractivity contribution >= 4 is 11.9 Å². The molecule has 0 bridgehead atoms. The summed E-state index contributed by atoms with van der Waals surface area (Å²) < 4.78 is 10.6. The molecular weight excluding hydrogens is 332 g/mol. The molecule has 0 aliphatic rings. The molecule has 140 valence electrons. The van der Waals surface area contributed by atoms with E-state index in [0.29, 0.717) is 42.8 Å². The van der Waals surface area contributed by atoms with E-state index in [0.717, 1.165) is 11.3 Å². The second kappa shape index (κ2) is 9.03. The van der Waals surface area contributed by atoms with Crippen molar-refractivity contribution in [1.29, 1.82) is 0 Å². The molecule has 0 atom stereocenters. The van der Waals surface area contributed by atoms with Gasteiger partial charge in [0.1, 0.15) is 5.69 Å². The van der Waals surface area contributed by atoms with Crippen LogP contribution in [-0.4, -0.2) is 48.1 Å². The monoisotopic (exact) mass is 358 g/mol. The maximum atomic E-state index is 12.5. The van der Waals surface area contributed by atoms with Crippen molar-refractivity contribution in [2.75, 3.05) is 32.6 Å². The van der Waals surface area contributed by atoms with Gasteiger partial charge in [-0.15, -0.1) is 0 Å². The van der Waals surface area contributed by atoms with Gasteiger partial charge in [0.15, 0.2) is 11.5 Å². The third-order valence-corrected chi connectivity index (χ3v) is 4.02. The Morgan fingerprint density at radius 3 is 2.38 bits per heavy atom. The van der Waals surface area contributed by atoms with E-state index in [4.69, 9.17) is 9.47 Å². The number of nitrogens with zero attached hydrogens (tertiary/aromatic N) is 3. The molecule has 7 nitrogen and oxygen atoms in total. The molecule has 1 aromatic carbocycles. The third kappa shape index (κ3) is 4.62. The first-order chi connectivity index (χ1) is 12.5. The van der Waals surface area contributed by atoms with Gasteiger partial charge in [0.25, 0.3) is 5.91 Å². The SMILES string of the molecule is CCN(CC)C(=O)c1cc(C)nc(NCc2ccc(OC)c(OC)c2)n1. The standard InChI is InChI=1S/C19H26N4O3/c1-6-23(7-2)18(24)15-10-13(3)21-19(22-15)20-12-14-8-9-16(25-4)17(11-14)26-5/h8-11H,6-7,12H2,1-5H3,(H,20,21,22). The summed E-state index contributed by atoms with van der Waals surface area (Å²) in [7, 11) is 3.20. The van der Waals surface area contributed by atoms with E-state index in [1.54, 1.807) is 25.2 Å². The molecule has 1 heterocycles. The van der Waals surface area contributed by atoms with Crippen molar-refractivity contribution in [3.8, 4) is 11.5 Å². The van der Waals surface area contributed by atoms with Crippen molar-refractivity contribution in [1.82, 2.24) is 14.9 Å². The van der Waals surface area contributed by atoms with E-state index >= 15 is 0 Å². The van der Waals surface area contributed by atoms with E-state index in [9.17, 15) is 4.79 Å². The molecule has 0 aliphatic carbocycles. The second-order valence-corrected chi connectivity index (χ2v) is 5.74. The number of aromatic nitrogens is 2. The van der Waals surface area contributed by atoms with Crippen LogP contribution >= 0.6 is 0 Å². The molecule has 2 aromatic rings. The second-order valence-electron chi connectivity index (χ2n) is 5.74. The number of hydrogen-bond donors (Lipinski definition) is 1. The lowest BCUT2D eigenvalue weighted by Crippen LogP contribution is -2.31. The number of methoxy groups -OCH3 is 2. The molecule has 2 rings (SSSR count). The van der Waals surface area contributed by atoms with Crippen molar-refractivity contribution in [3.05, 3.63) is 41.2 Å². The highest BCUT2D eigenvalue weighted by molar-refractivity contribution is 5.92. The van der Waals surface area contributed by atoms with Gasteiger partial charge in [-0.2, -0.15) is 0 Å². The Morgan fingerprint density at radius 1 is 1.08 bits per heavy atom. The van der Waals surface area contributed by atoms with Crippen LogP contribution in [0.2, 0.25) is 0 Å². The minimum atomic E-state index is -0.0883. The van der Waals surface area contributed by atoms with Crippen LogP contribution in [0.4, 0.5) is 5.95 Å². The lowest BCUT2D eigenvalue weighted by molar-refractivity contribution is 0.0767. The Labute approximate surface area is 154 Å². The lowest BCUT2D eigenvalue weighted by atomic mass is 10.2. The molecule has 0 saturated carbocycles. The van der Waals surface area contributed by atoms with Gasteiger partial charge < -0.3 is 19.7 Å². The van der Waals surface area contributed by atoms with E-state index in [2.05, 4.69) is 15.3 Å². The maximum Gasteiger partial charge on any atom is 0.272 e. The summed E-state index contributed by atoms with van der Waals surface area (Å²) in [4.78, 5) is 23.0. The number of nitrogens with one attached hydrogen (secondary N) is 1. The zero-order chi connectivity index (χ0) is 19.1. The van der Waals surface area contributed by atoms with Crippen LogP contribution in [0.5, 0.6) is 11.5 Å². The maximum absolute atomic E-state index is 12.5. The molecule has 7 heteroatoms. The first-order valence-electron chi connectivity index (χ1n) is 8.62. The van der Waals surface area contributed by atoms with Crippen LogP contribution in [0.3, 0.4) is 0 Å². The first-order valence-corrected chi connectivity index (χ1v) is 8.62. The largest absolute Gasteiger partial charge is 0.493 e. The predicted molar refractivity (Wildman–Crippen MR) is 101 cm³/mol. The fraction of sp³-hybridized carbons (Fsp3) is 0.421. The number of benzene rings is 1. The van der Waals surface area contributed by atoms with E-state index in [1.807, 2.05) is 39.0 Å². The smallest absolute Gasteiger partial charge is 0.272 e. The van der Waals surface area contributed by atoms with Gasteiger partial charge in [-0.25, -0.2) is 9.97 Å². The normalized spacial score (nSPS) is 10.3. The summed E-state index contributed by atoms with van der Waals surface area (Å²) in [5, 5.41) is 3.17. The van der Waals surface area contributed by atoms with Crippen LogP contribution in [0, 0.1) is 6.92 Å². The molecule has 0 saturated heterocycles. The Balaban J connectivity index is 2.16. The minimum Gasteiger partial charge on any atom is -0.493 e. The number of carbonyl (C=O) groups is 1. The van der Waals surface area contributed by atoms with Crippen LogP contribution < -0.4 is 14.8 Å². The fourth-order valence-corrected chi connectivity index (χ4v) is 2.60. The van der Waals surface area contributed by atoms with Gasteiger partial charge in [0.2, 0.25) is 5.95 Å². The number of rotatable bonds is 8. The van der Waals surface area contributed by atoms with Gasteiger partial charge in [0.05, 0.1) is 14.2 Å². The van der Waals surface area contributed by atoms with Gasteiger partial charge in [-0.3, -0.25) is 4.79 Å². The number of anilines is 1. The Morgan fingerprint density at radius 2 is 1.77 bits per heavy atom. The number of amides is 1. The Bertz CT molecular complexity index is 760. The molecule has 0 spiro atoms. The summed E-state index contributed by atoms with van der Waals surface area (Å²) in [6, 6.07) is 7.39. The van der Waals surface area contributed by atoms with Crippen molar-refractivity contribution in [2.45, 2.75) is 27.3 Å². The van der Waals surface area contributed by atoms with E-state index in [-0.39, 0.29) is 5.91 Å². The molecule has 0 radical (unpaired) electrons. The number of aryl methyl sites for hydroxylation is 1. The molecule has 1 N–H and O–H groups in total. The summed E-state index contributed by atoms with van der Waals surface area (Å²) >= 11 is 0. The van der Waals surface area contributed by atoms with Gasteiger partial charge >= 0.3 is 0 Å². The fourth-order valence-electron chi connectivity index (χ4n) is 2.60. The predicted octanol–water partition coefficient (Wildman–Crippen LogP) is 2.90. The Kier molecular flexibility index (Phi) is 6.77. The molecule has 1 amide bonds. The highest BCUT2D eigenvalue weighted by Gasteiger charge is 2.16. The number of ether oxygens (including phenoxy) is 2. The molecule has 0 unspecified atom stereocenters. The van der Waals surface area contributed by atoms with Crippen molar-refractivity contribution < 1.29 is 14.3 Å². The summed E-state index contributed by atoms with van der Waals surface area (Å²) in [5.41, 5.74) is 2.13. The van der Waals surface area contributed by atoms with Gasteiger partial charge in [-0.1, -0.05) is 6.07 Å². The zero-order valence-corrected chi connectivity index (χ0v) is 16.0. The average molecular weight is 358 g/mol. The molecule has 26 heavy (non-hydrogen) atoms. The van der Waals surface area contributed by atoms with Crippen LogP contribution in [0.25, 0.3) is 0 Å². The number of carbonyl (C=O) groups excluding carboxylic acids is 1. The summed E-state index contributed by atoms with van der Waals surface area (Å²) in [6.45, 7) is 7.54. The van der Waals surface area contributed by atoms with Crippen LogP contribution in [0.15, 0.2) is 24.3 Å². The van der Waals surface area contributed by atoms with Crippen molar-refractivity contribution in [2.24, 2.45) is 0 Å². The van der Waals surface area contributed by atoms with Gasteiger partial charge in [0, 0.05) is 25.3 Å². The molecular formula is C19H26N4O3. The third-order valence-electron chi connectivity index (χ3n) is 4.02. The molecule has 0 fully saturated rings. The van der Waals surface area contributed by atoms with Crippen LogP contribution in [0.1, 0.15) is 35.6 Å². The zero-order valence-electron chi connectivity index (χ0n) is 16.0. The number of hydrogen-bond acceptors (Lipinski definition) is 6. The Hall–Kier alpha value is -2.83. The van der Waals surface area contributed by atoms with E-state index in [1.165, 1.54) is 0 Å². The lowest BCUT2D eigenvalue weighted by Gasteiger charge is -2.18. The highest BCUT2D eigenvalue weighted by atomic mass is 16.5. The first kappa shape index (κ1) is 19.5. The van der Waals surface area contributed by atoms with Gasteiger partial charge in [-0.05, 0) is 44.5 Å². The summed E-state index contributed by atoms with van der Waals surface area (Å²) in [6.07, 6.45) is 0. The van der Waals surface area contributed by atoms with Crippen molar-refractivity contribution in [3.63, 3.8) is 0 Å². The topological polar surface area (TPSA) is 76.6 Å². The molecule has 0 aliphatic heterocycles. The summed E-state index contributed by atoms with van der Waals surface area (Å²) in [5.74, 6) is 1.68. The highest BCUT2D eigenvalue weighted by Crippen LogP contribution is 2.27. The van der Waals surface area contributed by atoms with Crippen LogP contribution in [-0.2, 0) is 6.54 Å². The quantitative estimate of drug-likeness (QED) is 0.782. The minimum absolute atomic E-state index is 0.0883. The van der Waals surface area contributed by atoms with E-state index < -0.39 is 0 Å². The average Bonchev–Trinajstić information content (AvgIpc) is 2.66.